The fourth-order valence-electron chi connectivity index (χ4n) is 6.58. The van der Waals surface area contributed by atoms with E-state index in [0.717, 1.165) is 11.3 Å². The van der Waals surface area contributed by atoms with Gasteiger partial charge in [-0.1, -0.05) is 29.8 Å². The van der Waals surface area contributed by atoms with Crippen molar-refractivity contribution in [1.29, 1.82) is 0 Å². The van der Waals surface area contributed by atoms with Crippen molar-refractivity contribution in [2.75, 3.05) is 44.7 Å². The zero-order valence-electron chi connectivity index (χ0n) is 28.2. The normalized spacial score (nSPS) is 19.5. The van der Waals surface area contributed by atoms with Crippen LogP contribution >= 0.6 is 22.9 Å². The van der Waals surface area contributed by atoms with Crippen molar-refractivity contribution in [3.8, 4) is 11.5 Å². The number of rotatable bonds is 9. The summed E-state index contributed by atoms with van der Waals surface area (Å²) in [4.78, 5) is 42.0. The fraction of sp³-hybridized carbons (Fsp3) is 0.297. The number of thiazole rings is 1. The van der Waals surface area contributed by atoms with Gasteiger partial charge in [0.25, 0.3) is 0 Å². The largest absolute Gasteiger partial charge is 0.466 e. The topological polar surface area (TPSA) is 120 Å². The maximum atomic E-state index is 14.0. The number of benzene rings is 3. The Hall–Kier alpha value is -4.82. The quantitative estimate of drug-likeness (QED) is 0.199. The zero-order valence-corrected chi connectivity index (χ0v) is 29.7. The van der Waals surface area contributed by atoms with Gasteiger partial charge in [0, 0.05) is 66.3 Å². The van der Waals surface area contributed by atoms with Crippen molar-refractivity contribution in [3.63, 3.8) is 0 Å². The number of piperazine rings is 1. The number of halogens is 2. The van der Waals surface area contributed by atoms with E-state index in [4.69, 9.17) is 26.1 Å². The molecule has 4 heterocycles. The number of nitrogens with zero attached hydrogens (tertiary/aromatic N) is 5. The van der Waals surface area contributed by atoms with E-state index in [1.807, 2.05) is 58.8 Å². The first-order valence-electron chi connectivity index (χ1n) is 16.4. The standard InChI is InChI=1S/C37H36ClFN6O5S/c1-37(2,48)22-4-9-26(10-5-22)50-27-11-7-24(8-12-27)45-20-25-19-43(15-16-44(25)36(45)47)21-30-31(35(46)49-3)32(28-13-6-23(39)18-29(28)38)42-33(41-30)34-40-14-17-51-34/h4-14,17-18,25,32,48H,15-16,19-21H2,1-3H3,(H,41,42)/t25-,32-/m0/s1. The molecule has 3 aliphatic heterocycles. The number of esters is 1. The molecular weight excluding hydrogens is 695 g/mol. The third-order valence-electron chi connectivity index (χ3n) is 9.19. The minimum atomic E-state index is -0.938. The van der Waals surface area contributed by atoms with E-state index < -0.39 is 23.4 Å². The predicted octanol–water partition coefficient (Wildman–Crippen LogP) is 6.10. The van der Waals surface area contributed by atoms with Crippen molar-refractivity contribution in [2.24, 2.45) is 4.99 Å². The van der Waals surface area contributed by atoms with Crippen LogP contribution in [-0.2, 0) is 15.1 Å². The second kappa shape index (κ2) is 14.1. The lowest BCUT2D eigenvalue weighted by Crippen LogP contribution is -2.53. The van der Waals surface area contributed by atoms with Crippen LogP contribution in [-0.4, -0.2) is 83.6 Å². The maximum absolute atomic E-state index is 14.0. The van der Waals surface area contributed by atoms with E-state index in [1.165, 1.54) is 36.6 Å². The molecule has 0 aliphatic carbocycles. The molecule has 1 aromatic heterocycles. The number of aliphatic hydroxyl groups is 1. The first kappa shape index (κ1) is 34.6. The number of aromatic nitrogens is 1. The predicted molar refractivity (Wildman–Crippen MR) is 193 cm³/mol. The van der Waals surface area contributed by atoms with Gasteiger partial charge in [0.05, 0.1) is 24.3 Å². The van der Waals surface area contributed by atoms with Gasteiger partial charge in [-0.05, 0) is 67.9 Å². The van der Waals surface area contributed by atoms with Crippen LogP contribution in [0.3, 0.4) is 0 Å². The molecule has 0 unspecified atom stereocenters. The highest BCUT2D eigenvalue weighted by Crippen LogP contribution is 2.37. The smallest absolute Gasteiger partial charge is 0.338 e. The van der Waals surface area contributed by atoms with Gasteiger partial charge in [0.15, 0.2) is 10.8 Å². The van der Waals surface area contributed by atoms with Gasteiger partial charge in [-0.15, -0.1) is 11.3 Å². The number of ether oxygens (including phenoxy) is 2. The summed E-state index contributed by atoms with van der Waals surface area (Å²) >= 11 is 7.90. The Kier molecular flexibility index (Phi) is 9.55. The molecule has 2 N–H and O–H groups in total. The number of anilines is 1. The molecule has 2 amide bonds. The zero-order chi connectivity index (χ0) is 35.9. The number of aliphatic imine (C=N–C) groups is 1. The third-order valence-corrected chi connectivity index (χ3v) is 10.3. The number of amides is 2. The maximum Gasteiger partial charge on any atom is 0.338 e. The highest BCUT2D eigenvalue weighted by Gasteiger charge is 2.42. The van der Waals surface area contributed by atoms with Crippen molar-refractivity contribution in [2.45, 2.75) is 31.5 Å². The highest BCUT2D eigenvalue weighted by molar-refractivity contribution is 7.11. The van der Waals surface area contributed by atoms with Gasteiger partial charge in [0.2, 0.25) is 0 Å². The second-order valence-electron chi connectivity index (χ2n) is 13.0. The molecule has 0 radical (unpaired) electrons. The van der Waals surface area contributed by atoms with Crippen LogP contribution < -0.4 is 15.0 Å². The first-order chi connectivity index (χ1) is 24.5. The lowest BCUT2D eigenvalue weighted by Gasteiger charge is -2.38. The minimum Gasteiger partial charge on any atom is -0.466 e. The van der Waals surface area contributed by atoms with Crippen LogP contribution in [0.1, 0.15) is 36.0 Å². The Morgan fingerprint density at radius 1 is 1.08 bits per heavy atom. The second-order valence-corrected chi connectivity index (χ2v) is 14.3. The van der Waals surface area contributed by atoms with Gasteiger partial charge in [-0.25, -0.2) is 19.0 Å². The van der Waals surface area contributed by atoms with Gasteiger partial charge in [-0.2, -0.15) is 0 Å². The van der Waals surface area contributed by atoms with Crippen LogP contribution in [0.15, 0.2) is 94.6 Å². The number of nitrogens with one attached hydrogen (secondary N) is 1. The molecule has 2 atom stereocenters. The van der Waals surface area contributed by atoms with E-state index in [9.17, 15) is 19.1 Å². The summed E-state index contributed by atoms with van der Waals surface area (Å²) in [5.41, 5.74) is 1.93. The number of carbonyl (C=O) groups is 2. The van der Waals surface area contributed by atoms with Crippen molar-refractivity contribution in [1.82, 2.24) is 20.1 Å². The molecular formula is C37H36ClFN6O5S. The molecule has 51 heavy (non-hydrogen) atoms. The average molecular weight is 731 g/mol. The van der Waals surface area contributed by atoms with E-state index in [-0.39, 0.29) is 22.7 Å². The van der Waals surface area contributed by atoms with E-state index in [1.54, 1.807) is 24.9 Å². The number of urea groups is 1. The Morgan fingerprint density at radius 3 is 2.45 bits per heavy atom. The van der Waals surface area contributed by atoms with Gasteiger partial charge >= 0.3 is 12.0 Å². The lowest BCUT2D eigenvalue weighted by atomic mass is 9.95. The SMILES string of the molecule is COC(=O)C1=C(CN2CCN3C(=O)N(c4ccc(Oc5ccc(C(C)(C)O)cc5)cc4)C[C@@H]3C2)NC(c2nccs2)=N[C@H]1c1ccc(F)cc1Cl. The summed E-state index contributed by atoms with van der Waals surface area (Å²) in [5, 5.41) is 16.2. The number of methoxy groups -OCH3 is 1. The minimum absolute atomic E-state index is 0.0648. The van der Waals surface area contributed by atoms with E-state index >= 15 is 0 Å². The molecule has 11 nitrogen and oxygen atoms in total. The summed E-state index contributed by atoms with van der Waals surface area (Å²) in [7, 11) is 1.31. The van der Waals surface area contributed by atoms with Crippen molar-refractivity contribution >= 4 is 46.5 Å². The van der Waals surface area contributed by atoms with Crippen LogP contribution in [0.4, 0.5) is 14.9 Å². The van der Waals surface area contributed by atoms with E-state index in [2.05, 4.69) is 15.2 Å². The van der Waals surface area contributed by atoms with Crippen LogP contribution in [0.25, 0.3) is 0 Å². The molecule has 2 fully saturated rings. The van der Waals surface area contributed by atoms with Crippen molar-refractivity contribution in [3.05, 3.63) is 117 Å². The first-order valence-corrected chi connectivity index (χ1v) is 17.7. The summed E-state index contributed by atoms with van der Waals surface area (Å²) in [6.07, 6.45) is 1.67. The van der Waals surface area contributed by atoms with Crippen LogP contribution in [0.2, 0.25) is 5.02 Å². The van der Waals surface area contributed by atoms with Crippen LogP contribution in [0.5, 0.6) is 11.5 Å². The summed E-state index contributed by atoms with van der Waals surface area (Å²) < 4.78 is 25.3. The number of fused-ring (bicyclic) bond motifs is 1. The molecule has 264 valence electrons. The average Bonchev–Trinajstić information content (AvgIpc) is 3.76. The monoisotopic (exact) mass is 730 g/mol. The molecule has 4 aromatic rings. The molecule has 2 saturated heterocycles. The Bertz CT molecular complexity index is 2000. The Labute approximate surface area is 303 Å². The third kappa shape index (κ3) is 7.20. The number of carbonyl (C=O) groups excluding carboxylic acids is 2. The molecule has 0 bridgehead atoms. The van der Waals surface area contributed by atoms with Gasteiger partial charge in [0.1, 0.15) is 23.4 Å². The molecule has 14 heteroatoms. The summed E-state index contributed by atoms with van der Waals surface area (Å²) in [6, 6.07) is 17.7. The lowest BCUT2D eigenvalue weighted by molar-refractivity contribution is -0.136. The molecule has 0 spiro atoms. The summed E-state index contributed by atoms with van der Waals surface area (Å²) in [6.45, 7) is 5.93. The van der Waals surface area contributed by atoms with E-state index in [0.29, 0.717) is 66.3 Å². The van der Waals surface area contributed by atoms with Crippen molar-refractivity contribution < 1.29 is 28.6 Å². The van der Waals surface area contributed by atoms with Gasteiger partial charge in [-0.3, -0.25) is 14.8 Å². The summed E-state index contributed by atoms with van der Waals surface area (Å²) in [5.74, 6) is 0.658. The molecule has 7 rings (SSSR count). The Morgan fingerprint density at radius 2 is 1.80 bits per heavy atom. The number of amidine groups is 1. The molecule has 0 saturated carbocycles. The Balaban J connectivity index is 1.08. The molecule has 3 aromatic carbocycles. The highest BCUT2D eigenvalue weighted by atomic mass is 35.5. The number of hydrogen-bond acceptors (Lipinski definition) is 10. The number of hydrogen-bond donors (Lipinski definition) is 2. The fourth-order valence-corrected chi connectivity index (χ4v) is 7.44. The van der Waals surface area contributed by atoms with Gasteiger partial charge < -0.3 is 24.8 Å². The molecule has 3 aliphatic rings. The van der Waals surface area contributed by atoms with Crippen LogP contribution in [0, 0.1) is 5.82 Å².